The van der Waals surface area contributed by atoms with Crippen LogP contribution >= 0.6 is 22.7 Å². The first-order valence-electron chi connectivity index (χ1n) is 17.7. The van der Waals surface area contributed by atoms with Crippen LogP contribution in [0.4, 0.5) is 4.39 Å². The first kappa shape index (κ1) is 35.2. The summed E-state index contributed by atoms with van der Waals surface area (Å²) in [6, 6.07) is 13.9. The van der Waals surface area contributed by atoms with Crippen molar-refractivity contribution in [2.24, 2.45) is 5.92 Å². The molecular formula is C38H50FN2O5S2Si+. The lowest BCUT2D eigenvalue weighted by atomic mass is 9.93. The number of quaternary nitrogens is 1. The number of carbonyl (C=O) groups is 2. The molecule has 4 saturated heterocycles. The summed E-state index contributed by atoms with van der Waals surface area (Å²) in [5, 5.41) is 3.88. The molecule has 2 aromatic heterocycles. The van der Waals surface area contributed by atoms with Gasteiger partial charge in [0.15, 0.2) is 8.32 Å². The van der Waals surface area contributed by atoms with E-state index in [0.29, 0.717) is 36.0 Å². The lowest BCUT2D eigenvalue weighted by Crippen LogP contribution is -2.62. The molecule has 264 valence electrons. The van der Waals surface area contributed by atoms with Crippen LogP contribution in [0.15, 0.2) is 53.2 Å². The van der Waals surface area contributed by atoms with Crippen LogP contribution in [0.5, 0.6) is 0 Å². The number of aldehydes is 1. The van der Waals surface area contributed by atoms with Crippen molar-refractivity contribution in [2.45, 2.75) is 114 Å². The minimum absolute atomic E-state index is 0.103. The molecule has 7 rings (SSSR count). The Morgan fingerprint density at radius 3 is 2.12 bits per heavy atom. The number of esters is 1. The third kappa shape index (κ3) is 6.31. The van der Waals surface area contributed by atoms with Crippen LogP contribution in [0.2, 0.25) is 18.1 Å². The smallest absolute Gasteiger partial charge is 0.348 e. The molecular weight excluding hydrogens is 676 g/mol. The Kier molecular flexibility index (Phi) is 9.37. The molecule has 11 heteroatoms. The number of halogens is 1. The van der Waals surface area contributed by atoms with Gasteiger partial charge >= 0.3 is 5.97 Å². The van der Waals surface area contributed by atoms with E-state index >= 15 is 4.39 Å². The number of hydrogen-bond acceptors (Lipinski definition) is 8. The third-order valence-electron chi connectivity index (χ3n) is 12.2. The number of piperidine rings is 2. The van der Waals surface area contributed by atoms with Gasteiger partial charge in [-0.25, -0.2) is 9.18 Å². The topological polar surface area (TPSA) is 68.4 Å². The van der Waals surface area contributed by atoms with Crippen LogP contribution in [-0.4, -0.2) is 80.5 Å². The van der Waals surface area contributed by atoms with E-state index < -0.39 is 13.9 Å². The van der Waals surface area contributed by atoms with Gasteiger partial charge in [-0.15, -0.1) is 22.7 Å². The summed E-state index contributed by atoms with van der Waals surface area (Å²) in [7, 11) is -0.221. The summed E-state index contributed by atoms with van der Waals surface area (Å²) in [4.78, 5) is 29.9. The van der Waals surface area contributed by atoms with Crippen LogP contribution in [-0.2, 0) is 42.2 Å². The van der Waals surface area contributed by atoms with E-state index in [-0.39, 0.29) is 53.1 Å². The average Bonchev–Trinajstić information content (AvgIpc) is 3.35. The van der Waals surface area contributed by atoms with Crippen LogP contribution in [0, 0.1) is 11.7 Å². The maximum atomic E-state index is 16.1. The van der Waals surface area contributed by atoms with Crippen LogP contribution in [0.3, 0.4) is 0 Å². The maximum absolute atomic E-state index is 16.1. The van der Waals surface area contributed by atoms with E-state index in [4.69, 9.17) is 13.9 Å². The standard InChI is InChI=1S/C38H50FN2O5S2Si/c1-37(2,3)49(5,6)46-38(31-12-8-18-47-31,32-13-9-19-48-32)36(43)44-28-20-29-34-35(45-34)30(21-28)41(29,4)23-27-11-7-10-26(33(27)39)22-40-16-14-25(24-42)15-17-40/h7-13,18-19,24-25,28-30,34-35H,14-17,20-23H2,1-6H3/q+1. The lowest BCUT2D eigenvalue weighted by Gasteiger charge is -2.49. The van der Waals surface area contributed by atoms with E-state index in [1.54, 1.807) is 0 Å². The molecule has 0 amide bonds. The van der Waals surface area contributed by atoms with Crippen molar-refractivity contribution < 1.29 is 32.4 Å². The van der Waals surface area contributed by atoms with E-state index in [9.17, 15) is 9.59 Å². The first-order valence-corrected chi connectivity index (χ1v) is 22.4. The number of morpholine rings is 1. The predicted octanol–water partition coefficient (Wildman–Crippen LogP) is 7.50. The largest absolute Gasteiger partial charge is 0.459 e. The Morgan fingerprint density at radius 2 is 1.59 bits per heavy atom. The highest BCUT2D eigenvalue weighted by Gasteiger charge is 2.72. The number of fused-ring (bicyclic) bond motifs is 5. The first-order chi connectivity index (χ1) is 23.3. The van der Waals surface area contributed by atoms with E-state index in [1.807, 2.05) is 53.2 Å². The summed E-state index contributed by atoms with van der Waals surface area (Å²) in [5.74, 6) is -0.342. The van der Waals surface area contributed by atoms with Crippen LogP contribution in [0.25, 0.3) is 0 Å². The lowest BCUT2D eigenvalue weighted by molar-refractivity contribution is -0.968. The molecule has 49 heavy (non-hydrogen) atoms. The molecule has 4 aliphatic heterocycles. The quantitative estimate of drug-likeness (QED) is 0.0671. The molecule has 4 unspecified atom stereocenters. The Balaban J connectivity index is 1.11. The highest BCUT2D eigenvalue weighted by Crippen LogP contribution is 2.54. The molecule has 1 aromatic carbocycles. The monoisotopic (exact) mass is 725 g/mol. The average molecular weight is 726 g/mol. The van der Waals surface area contributed by atoms with Crippen molar-refractivity contribution in [3.05, 3.63) is 79.9 Å². The second-order valence-corrected chi connectivity index (χ2v) is 23.0. The van der Waals surface area contributed by atoms with Crippen LogP contribution in [0.1, 0.15) is 67.3 Å². The van der Waals surface area contributed by atoms with Crippen molar-refractivity contribution >= 4 is 43.2 Å². The van der Waals surface area contributed by atoms with E-state index in [1.165, 1.54) is 22.7 Å². The number of likely N-dealkylation sites (N-methyl/N-ethyl adjacent to an activating group) is 1. The summed E-state index contributed by atoms with van der Waals surface area (Å²) in [5.41, 5.74) is 0.115. The van der Waals surface area contributed by atoms with Gasteiger partial charge in [-0.3, -0.25) is 4.90 Å². The highest BCUT2D eigenvalue weighted by atomic mass is 32.1. The van der Waals surface area contributed by atoms with Crippen molar-refractivity contribution in [3.63, 3.8) is 0 Å². The maximum Gasteiger partial charge on any atom is 0.348 e. The zero-order chi connectivity index (χ0) is 34.8. The molecule has 4 atom stereocenters. The van der Waals surface area contributed by atoms with Gasteiger partial charge in [0.1, 0.15) is 49.0 Å². The van der Waals surface area contributed by atoms with Crippen molar-refractivity contribution in [1.82, 2.24) is 4.90 Å². The molecule has 0 saturated carbocycles. The van der Waals surface area contributed by atoms with Gasteiger partial charge in [-0.2, -0.15) is 0 Å². The number of thiophene rings is 2. The van der Waals surface area contributed by atoms with E-state index in [0.717, 1.165) is 47.5 Å². The van der Waals surface area contributed by atoms with E-state index in [2.05, 4.69) is 45.8 Å². The number of rotatable bonds is 11. The number of epoxide rings is 1. The number of nitrogens with zero attached hydrogens (tertiary/aromatic N) is 2. The third-order valence-corrected chi connectivity index (χ3v) is 18.6. The normalized spacial score (nSPS) is 29.1. The van der Waals surface area contributed by atoms with Crippen molar-refractivity contribution in [2.75, 3.05) is 20.1 Å². The zero-order valence-electron chi connectivity index (χ0n) is 29.5. The Morgan fingerprint density at radius 1 is 1.00 bits per heavy atom. The second kappa shape index (κ2) is 13.1. The SMILES string of the molecule is CC(C)(C)[Si](C)(C)OC(C(=O)OC1CC2C3OC3C(C1)[N+]2(C)Cc1cccc(CN2CCC(C=O)CC2)c1F)(c1cccs1)c1cccs1. The number of ether oxygens (including phenoxy) is 2. The molecule has 3 aromatic rings. The molecule has 6 heterocycles. The van der Waals surface area contributed by atoms with Crippen LogP contribution < -0.4 is 0 Å². The molecule has 4 fully saturated rings. The predicted molar refractivity (Wildman–Crippen MR) is 193 cm³/mol. The van der Waals surface area contributed by atoms with Gasteiger partial charge in [0.2, 0.25) is 5.60 Å². The Labute approximate surface area is 299 Å². The Hall–Kier alpha value is -2.25. The fourth-order valence-electron chi connectivity index (χ4n) is 8.31. The summed E-state index contributed by atoms with van der Waals surface area (Å²) >= 11 is 3.07. The Bertz CT molecular complexity index is 1600. The molecule has 0 spiro atoms. The number of likely N-dealkylation sites (tertiary alicyclic amines) is 1. The molecule has 0 aliphatic carbocycles. The molecule has 0 radical (unpaired) electrons. The molecule has 2 bridgehead atoms. The summed E-state index contributed by atoms with van der Waals surface area (Å²) in [6.07, 6.45) is 3.98. The van der Waals surface area contributed by atoms with Gasteiger partial charge in [0, 0.05) is 36.4 Å². The number of hydrogen-bond donors (Lipinski definition) is 0. The highest BCUT2D eigenvalue weighted by molar-refractivity contribution is 7.12. The zero-order valence-corrected chi connectivity index (χ0v) is 32.2. The number of carbonyl (C=O) groups excluding carboxylic acids is 2. The minimum atomic E-state index is -2.46. The van der Waals surface area contributed by atoms with Crippen molar-refractivity contribution in [1.29, 1.82) is 0 Å². The van der Waals surface area contributed by atoms with Gasteiger partial charge in [-0.1, -0.05) is 51.1 Å². The van der Waals surface area contributed by atoms with Gasteiger partial charge in [-0.05, 0) is 67.0 Å². The second-order valence-electron chi connectivity index (χ2n) is 16.3. The molecule has 4 aliphatic rings. The fourth-order valence-corrected chi connectivity index (χ4v) is 11.6. The molecule has 7 nitrogen and oxygen atoms in total. The fraction of sp³-hybridized carbons (Fsp3) is 0.579. The van der Waals surface area contributed by atoms with Gasteiger partial charge in [0.05, 0.1) is 16.8 Å². The number of benzene rings is 1. The van der Waals surface area contributed by atoms with Gasteiger partial charge in [0.25, 0.3) is 0 Å². The molecule has 0 N–H and O–H groups in total. The summed E-state index contributed by atoms with van der Waals surface area (Å²) in [6.45, 7) is 13.7. The minimum Gasteiger partial charge on any atom is -0.459 e. The van der Waals surface area contributed by atoms with Crippen molar-refractivity contribution in [3.8, 4) is 0 Å². The summed E-state index contributed by atoms with van der Waals surface area (Å²) < 4.78 is 36.8. The van der Waals surface area contributed by atoms with Gasteiger partial charge < -0.3 is 23.2 Å².